The molecule has 0 spiro atoms. The van der Waals surface area contributed by atoms with E-state index in [0.29, 0.717) is 16.5 Å². The van der Waals surface area contributed by atoms with Gasteiger partial charge in [-0.3, -0.25) is 5.41 Å². The first-order chi connectivity index (χ1) is 12.1. The highest BCUT2D eigenvalue weighted by Gasteiger charge is 2.33. The molecule has 5 heteroatoms. The molecule has 1 heterocycles. The third kappa shape index (κ3) is 2.92. The monoisotopic (exact) mass is 373 g/mol. The molecule has 0 saturated heterocycles. The van der Waals surface area contributed by atoms with Crippen molar-refractivity contribution in [2.75, 3.05) is 7.11 Å². The number of methoxy groups -OCH3 is 1. The number of aryl methyl sites for hydroxylation is 1. The lowest BCUT2D eigenvalue weighted by Crippen LogP contribution is -2.23. The van der Waals surface area contributed by atoms with Crippen LogP contribution in [0.4, 0.5) is 0 Å². The molecule has 1 unspecified atom stereocenters. The number of fused-ring (bicyclic) bond motifs is 2. The maximum absolute atomic E-state index is 8.17. The molecule has 0 amide bonds. The molecule has 0 fully saturated rings. The number of halogens is 2. The SMILES string of the molecule is COc1ccc2c(c1)CCC1=C2OC(=N)CC1c1ccc(Cl)c(Cl)c1. The number of ether oxygens (including phenoxy) is 2. The van der Waals surface area contributed by atoms with Gasteiger partial charge in [0.1, 0.15) is 11.5 Å². The van der Waals surface area contributed by atoms with Crippen LogP contribution in [-0.4, -0.2) is 13.0 Å². The molecule has 4 rings (SSSR count). The summed E-state index contributed by atoms with van der Waals surface area (Å²) in [6, 6.07) is 11.7. The molecule has 0 radical (unpaired) electrons. The Labute approximate surface area is 156 Å². The van der Waals surface area contributed by atoms with Crippen molar-refractivity contribution in [1.82, 2.24) is 0 Å². The molecule has 1 atom stereocenters. The number of hydrogen-bond acceptors (Lipinski definition) is 3. The van der Waals surface area contributed by atoms with E-state index in [4.69, 9.17) is 38.1 Å². The first kappa shape index (κ1) is 16.5. The Morgan fingerprint density at radius 3 is 2.68 bits per heavy atom. The summed E-state index contributed by atoms with van der Waals surface area (Å²) in [4.78, 5) is 0. The molecular weight excluding hydrogens is 357 g/mol. The normalized spacial score (nSPS) is 19.2. The topological polar surface area (TPSA) is 42.3 Å². The lowest BCUT2D eigenvalue weighted by molar-refractivity contribution is 0.412. The zero-order chi connectivity index (χ0) is 17.6. The molecule has 0 saturated carbocycles. The van der Waals surface area contributed by atoms with Crippen molar-refractivity contribution < 1.29 is 9.47 Å². The van der Waals surface area contributed by atoms with Gasteiger partial charge in [-0.15, -0.1) is 0 Å². The van der Waals surface area contributed by atoms with Crippen molar-refractivity contribution in [2.24, 2.45) is 0 Å². The van der Waals surface area contributed by atoms with Crippen LogP contribution >= 0.6 is 23.2 Å². The molecule has 2 aromatic carbocycles. The molecule has 1 aliphatic heterocycles. The molecule has 1 aliphatic carbocycles. The second kappa shape index (κ2) is 6.40. The van der Waals surface area contributed by atoms with E-state index in [9.17, 15) is 0 Å². The minimum Gasteiger partial charge on any atom is -0.497 e. The fourth-order valence-corrected chi connectivity index (χ4v) is 3.96. The van der Waals surface area contributed by atoms with E-state index < -0.39 is 0 Å². The van der Waals surface area contributed by atoms with Crippen LogP contribution in [0.3, 0.4) is 0 Å². The smallest absolute Gasteiger partial charge is 0.188 e. The Hall–Kier alpha value is -1.97. The van der Waals surface area contributed by atoms with E-state index in [0.717, 1.165) is 35.5 Å². The second-order valence-electron chi connectivity index (χ2n) is 6.33. The highest BCUT2D eigenvalue weighted by Crippen LogP contribution is 2.45. The predicted octanol–water partition coefficient (Wildman–Crippen LogP) is 5.84. The predicted molar refractivity (Wildman–Crippen MR) is 101 cm³/mol. The molecule has 2 aliphatic rings. The molecular formula is C20H17Cl2NO2. The van der Waals surface area contributed by atoms with Gasteiger partial charge in [0, 0.05) is 17.9 Å². The lowest BCUT2D eigenvalue weighted by atomic mass is 9.78. The summed E-state index contributed by atoms with van der Waals surface area (Å²) in [5.41, 5.74) is 4.55. The van der Waals surface area contributed by atoms with Crippen LogP contribution in [0.1, 0.15) is 35.4 Å². The van der Waals surface area contributed by atoms with Gasteiger partial charge in [-0.25, -0.2) is 0 Å². The standard InChI is InChI=1S/C20H17Cl2NO2/c1-24-13-4-6-14-11(8-13)2-5-15-16(10-19(23)25-20(14)15)12-3-7-17(21)18(22)9-12/h3-4,6-9,16,23H,2,5,10H2,1H3. The number of rotatable bonds is 2. The van der Waals surface area contributed by atoms with Gasteiger partial charge in [0.2, 0.25) is 0 Å². The first-order valence-electron chi connectivity index (χ1n) is 8.17. The van der Waals surface area contributed by atoms with Crippen LogP contribution in [0.5, 0.6) is 5.75 Å². The third-order valence-corrected chi connectivity index (χ3v) is 5.63. The van der Waals surface area contributed by atoms with Gasteiger partial charge in [-0.05, 0) is 59.9 Å². The van der Waals surface area contributed by atoms with Gasteiger partial charge in [-0.2, -0.15) is 0 Å². The van der Waals surface area contributed by atoms with Crippen molar-refractivity contribution in [1.29, 1.82) is 5.41 Å². The summed E-state index contributed by atoms with van der Waals surface area (Å²) >= 11 is 12.3. The van der Waals surface area contributed by atoms with Crippen LogP contribution in [0.25, 0.3) is 5.76 Å². The van der Waals surface area contributed by atoms with Crippen LogP contribution in [0.15, 0.2) is 42.0 Å². The van der Waals surface area contributed by atoms with Crippen molar-refractivity contribution in [3.05, 3.63) is 68.7 Å². The van der Waals surface area contributed by atoms with Gasteiger partial charge in [0.25, 0.3) is 0 Å². The van der Waals surface area contributed by atoms with E-state index in [2.05, 4.69) is 6.07 Å². The summed E-state index contributed by atoms with van der Waals surface area (Å²) in [6.45, 7) is 0. The van der Waals surface area contributed by atoms with E-state index >= 15 is 0 Å². The summed E-state index contributed by atoms with van der Waals surface area (Å²) in [7, 11) is 1.67. The Morgan fingerprint density at radius 2 is 1.92 bits per heavy atom. The Bertz CT molecular complexity index is 905. The van der Waals surface area contributed by atoms with Crippen LogP contribution in [0, 0.1) is 5.41 Å². The molecule has 0 bridgehead atoms. The quantitative estimate of drug-likeness (QED) is 0.718. The van der Waals surface area contributed by atoms with Gasteiger partial charge >= 0.3 is 0 Å². The molecule has 25 heavy (non-hydrogen) atoms. The highest BCUT2D eigenvalue weighted by molar-refractivity contribution is 6.42. The Balaban J connectivity index is 1.82. The van der Waals surface area contributed by atoms with Crippen molar-refractivity contribution in [3.8, 4) is 5.75 Å². The van der Waals surface area contributed by atoms with Gasteiger partial charge in [-0.1, -0.05) is 29.3 Å². The summed E-state index contributed by atoms with van der Waals surface area (Å²) in [6.07, 6.45) is 2.37. The highest BCUT2D eigenvalue weighted by atomic mass is 35.5. The molecule has 128 valence electrons. The maximum atomic E-state index is 8.17. The average Bonchev–Trinajstić information content (AvgIpc) is 2.62. The molecule has 3 nitrogen and oxygen atoms in total. The number of nitrogens with one attached hydrogen (secondary N) is 1. The van der Waals surface area contributed by atoms with Crippen LogP contribution < -0.4 is 4.74 Å². The van der Waals surface area contributed by atoms with Crippen molar-refractivity contribution in [2.45, 2.75) is 25.2 Å². The van der Waals surface area contributed by atoms with Gasteiger partial charge in [0.15, 0.2) is 5.90 Å². The maximum Gasteiger partial charge on any atom is 0.188 e. The van der Waals surface area contributed by atoms with Crippen LogP contribution in [0.2, 0.25) is 10.0 Å². The largest absolute Gasteiger partial charge is 0.497 e. The van der Waals surface area contributed by atoms with Crippen molar-refractivity contribution in [3.63, 3.8) is 0 Å². The van der Waals surface area contributed by atoms with E-state index in [-0.39, 0.29) is 11.8 Å². The number of hydrogen-bond donors (Lipinski definition) is 1. The van der Waals surface area contributed by atoms with E-state index in [1.54, 1.807) is 7.11 Å². The van der Waals surface area contributed by atoms with E-state index in [1.807, 2.05) is 30.3 Å². The summed E-state index contributed by atoms with van der Waals surface area (Å²) in [5.74, 6) is 2.03. The fraction of sp³-hybridized carbons (Fsp3) is 0.250. The third-order valence-electron chi connectivity index (χ3n) is 4.89. The zero-order valence-electron chi connectivity index (χ0n) is 13.7. The first-order valence-corrected chi connectivity index (χ1v) is 8.93. The van der Waals surface area contributed by atoms with Crippen molar-refractivity contribution >= 4 is 34.9 Å². The Morgan fingerprint density at radius 1 is 1.08 bits per heavy atom. The summed E-state index contributed by atoms with van der Waals surface area (Å²) in [5, 5.41) is 9.25. The zero-order valence-corrected chi connectivity index (χ0v) is 15.2. The van der Waals surface area contributed by atoms with E-state index in [1.165, 1.54) is 11.1 Å². The summed E-state index contributed by atoms with van der Waals surface area (Å²) < 4.78 is 11.2. The lowest BCUT2D eigenvalue weighted by Gasteiger charge is -2.33. The minimum atomic E-state index is 0.0984. The Kier molecular flexibility index (Phi) is 4.22. The second-order valence-corrected chi connectivity index (χ2v) is 7.15. The molecule has 2 aromatic rings. The van der Waals surface area contributed by atoms with Gasteiger partial charge < -0.3 is 9.47 Å². The number of allylic oxidation sites excluding steroid dienone is 1. The van der Waals surface area contributed by atoms with Crippen LogP contribution in [-0.2, 0) is 11.2 Å². The number of benzene rings is 2. The molecule has 1 N–H and O–H groups in total. The van der Waals surface area contributed by atoms with Gasteiger partial charge in [0.05, 0.1) is 17.2 Å². The minimum absolute atomic E-state index is 0.0984. The fourth-order valence-electron chi connectivity index (χ4n) is 3.66. The average molecular weight is 374 g/mol. The molecule has 0 aromatic heterocycles.